The monoisotopic (exact) mass is 346 g/mol. The quantitative estimate of drug-likeness (QED) is 0.839. The van der Waals surface area contributed by atoms with E-state index in [1.54, 1.807) is 13.0 Å². The summed E-state index contributed by atoms with van der Waals surface area (Å²) in [6.07, 6.45) is 1.86. The highest BCUT2D eigenvalue weighted by Crippen LogP contribution is 2.21. The maximum atomic E-state index is 13.6. The fourth-order valence-corrected chi connectivity index (χ4v) is 2.32. The lowest BCUT2D eigenvalue weighted by Crippen LogP contribution is -2.37. The molecule has 0 bridgehead atoms. The molecule has 0 saturated heterocycles. The van der Waals surface area contributed by atoms with Crippen LogP contribution >= 0.6 is 0 Å². The first-order valence-corrected chi connectivity index (χ1v) is 8.02. The third kappa shape index (κ3) is 4.43. The molecule has 134 valence electrons. The Labute approximate surface area is 146 Å². The summed E-state index contributed by atoms with van der Waals surface area (Å²) in [6, 6.07) is 5.27. The number of benzene rings is 1. The van der Waals surface area contributed by atoms with Gasteiger partial charge in [-0.15, -0.1) is 0 Å². The lowest BCUT2D eigenvalue weighted by molar-refractivity contribution is -0.136. The molecular formula is C18H23FN4O2. The first-order chi connectivity index (χ1) is 11.6. The fraction of sp³-hybridized carbons (Fsp3) is 0.389. The lowest BCUT2D eigenvalue weighted by atomic mass is 10.1. The number of aryl methyl sites for hydroxylation is 1. The Balaban J connectivity index is 2.06. The number of amides is 2. The predicted octanol–water partition coefficient (Wildman–Crippen LogP) is 2.90. The van der Waals surface area contributed by atoms with Crippen molar-refractivity contribution in [1.29, 1.82) is 0 Å². The molecule has 0 unspecified atom stereocenters. The van der Waals surface area contributed by atoms with Crippen LogP contribution in [0.25, 0.3) is 0 Å². The Bertz CT molecular complexity index is 793. The highest BCUT2D eigenvalue weighted by atomic mass is 19.1. The molecule has 25 heavy (non-hydrogen) atoms. The topological polar surface area (TPSA) is 76.0 Å². The molecule has 1 heterocycles. The van der Waals surface area contributed by atoms with Gasteiger partial charge in [0.2, 0.25) is 0 Å². The summed E-state index contributed by atoms with van der Waals surface area (Å²) in [4.78, 5) is 24.1. The van der Waals surface area contributed by atoms with Gasteiger partial charge < -0.3 is 10.6 Å². The van der Waals surface area contributed by atoms with Crippen molar-refractivity contribution in [3.63, 3.8) is 0 Å². The number of carbonyl (C=O) groups is 2. The van der Waals surface area contributed by atoms with Crippen LogP contribution in [-0.4, -0.2) is 21.6 Å². The number of nitrogens with one attached hydrogen (secondary N) is 2. The van der Waals surface area contributed by atoms with Gasteiger partial charge in [-0.05, 0) is 46.8 Å². The summed E-state index contributed by atoms with van der Waals surface area (Å²) >= 11 is 0. The van der Waals surface area contributed by atoms with E-state index in [-0.39, 0.29) is 11.2 Å². The number of carbonyl (C=O) groups excluding carboxylic acids is 2. The first kappa shape index (κ1) is 18.6. The Hall–Kier alpha value is -2.70. The summed E-state index contributed by atoms with van der Waals surface area (Å²) < 4.78 is 15.4. The number of hydrogen-bond donors (Lipinski definition) is 2. The zero-order valence-corrected chi connectivity index (χ0v) is 15.1. The summed E-state index contributed by atoms with van der Waals surface area (Å²) in [6.45, 7) is 9.68. The van der Waals surface area contributed by atoms with Gasteiger partial charge in [-0.25, -0.2) is 4.39 Å². The molecule has 0 fully saturated rings. The lowest BCUT2D eigenvalue weighted by Gasteiger charge is -2.19. The van der Waals surface area contributed by atoms with Crippen molar-refractivity contribution in [2.75, 3.05) is 5.32 Å². The van der Waals surface area contributed by atoms with E-state index in [0.29, 0.717) is 0 Å². The molecule has 0 aliphatic carbocycles. The number of halogens is 1. The van der Waals surface area contributed by atoms with Gasteiger partial charge in [0.25, 0.3) is 0 Å². The third-order valence-corrected chi connectivity index (χ3v) is 3.77. The molecule has 0 aliphatic heterocycles. The zero-order valence-electron chi connectivity index (χ0n) is 15.1. The predicted molar refractivity (Wildman–Crippen MR) is 93.5 cm³/mol. The van der Waals surface area contributed by atoms with Crippen LogP contribution in [0, 0.1) is 12.7 Å². The van der Waals surface area contributed by atoms with Crippen LogP contribution in [0.3, 0.4) is 0 Å². The van der Waals surface area contributed by atoms with E-state index in [4.69, 9.17) is 0 Å². The summed E-state index contributed by atoms with van der Waals surface area (Å²) in [7, 11) is 0. The maximum Gasteiger partial charge on any atom is 0.313 e. The molecule has 2 rings (SSSR count). The molecule has 1 atom stereocenters. The molecule has 0 saturated carbocycles. The summed E-state index contributed by atoms with van der Waals surface area (Å²) in [5.74, 6) is -2.35. The van der Waals surface area contributed by atoms with Crippen LogP contribution in [0.1, 0.15) is 45.0 Å². The van der Waals surface area contributed by atoms with Crippen molar-refractivity contribution in [1.82, 2.24) is 15.1 Å². The zero-order chi connectivity index (χ0) is 18.8. The summed E-state index contributed by atoms with van der Waals surface area (Å²) in [5.41, 5.74) is 1.38. The van der Waals surface area contributed by atoms with Crippen LogP contribution in [0.5, 0.6) is 0 Å². The minimum atomic E-state index is -0.919. The minimum absolute atomic E-state index is 0.0352. The highest BCUT2D eigenvalue weighted by Gasteiger charge is 2.22. The number of hydrogen-bond acceptors (Lipinski definition) is 3. The van der Waals surface area contributed by atoms with Gasteiger partial charge in [0.05, 0.1) is 23.0 Å². The third-order valence-electron chi connectivity index (χ3n) is 3.77. The SMILES string of the molecule is Cc1nn(C(C)(C)C)cc1[C@H](C)NC(=O)C(=O)Nc1ccccc1F. The molecule has 2 aromatic rings. The standard InChI is InChI=1S/C18H23FN4O2/c1-11(13-10-23(18(3,4)5)22-12(13)2)20-16(24)17(25)21-15-9-7-6-8-14(15)19/h6-11H,1-5H3,(H,20,24)(H,21,25)/t11-/m0/s1. The van der Waals surface area contributed by atoms with E-state index in [9.17, 15) is 14.0 Å². The van der Waals surface area contributed by atoms with Crippen molar-refractivity contribution in [2.45, 2.75) is 46.2 Å². The smallest absolute Gasteiger partial charge is 0.313 e. The van der Waals surface area contributed by atoms with E-state index in [0.717, 1.165) is 11.3 Å². The second-order valence-electron chi connectivity index (χ2n) is 6.91. The van der Waals surface area contributed by atoms with Crippen molar-refractivity contribution in [3.8, 4) is 0 Å². The highest BCUT2D eigenvalue weighted by molar-refractivity contribution is 6.39. The molecule has 2 amide bonds. The molecule has 1 aromatic carbocycles. The summed E-state index contributed by atoms with van der Waals surface area (Å²) in [5, 5.41) is 9.33. The second kappa shape index (κ2) is 7.04. The molecule has 7 heteroatoms. The van der Waals surface area contributed by atoms with Gasteiger partial charge in [0, 0.05) is 11.8 Å². The second-order valence-corrected chi connectivity index (χ2v) is 6.91. The van der Waals surface area contributed by atoms with Crippen LogP contribution in [0.4, 0.5) is 10.1 Å². The average Bonchev–Trinajstić information content (AvgIpc) is 2.91. The largest absolute Gasteiger partial charge is 0.341 e. The average molecular weight is 346 g/mol. The molecule has 2 N–H and O–H groups in total. The number of rotatable bonds is 3. The van der Waals surface area contributed by atoms with Crippen LogP contribution in [0.2, 0.25) is 0 Å². The van der Waals surface area contributed by atoms with Gasteiger partial charge in [0.15, 0.2) is 0 Å². The van der Waals surface area contributed by atoms with Crippen LogP contribution in [0.15, 0.2) is 30.5 Å². The van der Waals surface area contributed by atoms with E-state index in [1.165, 1.54) is 18.2 Å². The number of aromatic nitrogens is 2. The maximum absolute atomic E-state index is 13.6. The van der Waals surface area contributed by atoms with E-state index in [1.807, 2.05) is 38.6 Å². The minimum Gasteiger partial charge on any atom is -0.341 e. The molecule has 0 radical (unpaired) electrons. The van der Waals surface area contributed by atoms with Crippen LogP contribution < -0.4 is 10.6 Å². The van der Waals surface area contributed by atoms with Crippen molar-refractivity contribution in [3.05, 3.63) is 47.5 Å². The van der Waals surface area contributed by atoms with Gasteiger partial charge in [-0.1, -0.05) is 12.1 Å². The van der Waals surface area contributed by atoms with E-state index < -0.39 is 23.7 Å². The Morgan fingerprint density at radius 2 is 1.84 bits per heavy atom. The van der Waals surface area contributed by atoms with Crippen molar-refractivity contribution < 1.29 is 14.0 Å². The molecule has 0 aliphatic rings. The normalized spacial score (nSPS) is 12.6. The van der Waals surface area contributed by atoms with E-state index in [2.05, 4.69) is 15.7 Å². The Morgan fingerprint density at radius 1 is 1.20 bits per heavy atom. The number of anilines is 1. The number of nitrogens with zero attached hydrogens (tertiary/aromatic N) is 2. The molecule has 6 nitrogen and oxygen atoms in total. The van der Waals surface area contributed by atoms with Crippen molar-refractivity contribution >= 4 is 17.5 Å². The van der Waals surface area contributed by atoms with Crippen LogP contribution in [-0.2, 0) is 15.1 Å². The molecule has 1 aromatic heterocycles. The van der Waals surface area contributed by atoms with E-state index >= 15 is 0 Å². The Morgan fingerprint density at radius 3 is 2.40 bits per heavy atom. The first-order valence-electron chi connectivity index (χ1n) is 8.02. The van der Waals surface area contributed by atoms with Gasteiger partial charge in [0.1, 0.15) is 5.82 Å². The Kier molecular flexibility index (Phi) is 5.25. The molecule has 0 spiro atoms. The van der Waals surface area contributed by atoms with Gasteiger partial charge in [-0.3, -0.25) is 14.3 Å². The number of para-hydroxylation sites is 1. The van der Waals surface area contributed by atoms with Gasteiger partial charge in [-0.2, -0.15) is 5.10 Å². The fourth-order valence-electron chi connectivity index (χ4n) is 2.32. The molecular weight excluding hydrogens is 323 g/mol. The van der Waals surface area contributed by atoms with Crippen molar-refractivity contribution in [2.24, 2.45) is 0 Å². The van der Waals surface area contributed by atoms with Gasteiger partial charge >= 0.3 is 11.8 Å².